The molecule has 0 spiro atoms. The molecule has 126 valence electrons. The van der Waals surface area contributed by atoms with Crippen molar-refractivity contribution in [1.29, 1.82) is 0 Å². The molecule has 0 bridgehead atoms. The summed E-state index contributed by atoms with van der Waals surface area (Å²) in [6.45, 7) is 3.03. The van der Waals surface area contributed by atoms with E-state index in [2.05, 4.69) is 4.74 Å². The van der Waals surface area contributed by atoms with E-state index < -0.39 is 17.9 Å². The molecule has 0 heterocycles. The number of ether oxygens (including phenoxy) is 3. The van der Waals surface area contributed by atoms with Crippen molar-refractivity contribution in [2.75, 3.05) is 20.8 Å². The Balaban J connectivity index is 0.00000441. The molecular weight excluding hydrogens is 320 g/mol. The van der Waals surface area contributed by atoms with Gasteiger partial charge in [-0.05, 0) is 31.5 Å². The average molecular weight is 340 g/mol. The molecule has 0 aromatic heterocycles. The van der Waals surface area contributed by atoms with Crippen LogP contribution in [0, 0.1) is 6.92 Å². The minimum atomic E-state index is -3.90. The van der Waals surface area contributed by atoms with Crippen LogP contribution in [0.5, 0.6) is 11.5 Å². The Morgan fingerprint density at radius 1 is 1.27 bits per heavy atom. The molecule has 1 aromatic rings. The summed E-state index contributed by atoms with van der Waals surface area (Å²) in [7, 11) is 2.65. The summed E-state index contributed by atoms with van der Waals surface area (Å²) in [6, 6.07) is 1.14. The Labute approximate surface area is 134 Å². The first kappa shape index (κ1) is 20.4. The number of rotatable bonds is 6. The first-order valence-electron chi connectivity index (χ1n) is 6.32. The molecule has 0 aliphatic heterocycles. The summed E-state index contributed by atoms with van der Waals surface area (Å²) in [4.78, 5) is 11.4. The third-order valence-corrected chi connectivity index (χ3v) is 2.94. The lowest BCUT2D eigenvalue weighted by Gasteiger charge is -2.25. The van der Waals surface area contributed by atoms with Gasteiger partial charge in [0, 0.05) is 0 Å². The molecule has 0 amide bonds. The van der Waals surface area contributed by atoms with E-state index in [1.807, 2.05) is 0 Å². The van der Waals surface area contributed by atoms with E-state index >= 15 is 0 Å². The number of nitrogens with two attached hydrogens (primary N) is 1. The van der Waals surface area contributed by atoms with Gasteiger partial charge in [0.1, 0.15) is 17.5 Å². The number of aryl methyl sites for hydroxylation is 1. The fourth-order valence-corrected chi connectivity index (χ4v) is 1.91. The third kappa shape index (κ3) is 3.98. The van der Waals surface area contributed by atoms with Crippen molar-refractivity contribution in [2.45, 2.75) is 25.8 Å². The number of esters is 1. The highest BCUT2D eigenvalue weighted by atomic mass is 35.5. The maximum absolute atomic E-state index is 14.1. The van der Waals surface area contributed by atoms with Gasteiger partial charge in [-0.1, -0.05) is 0 Å². The molecule has 0 radical (unpaired) electrons. The van der Waals surface area contributed by atoms with Gasteiger partial charge in [-0.25, -0.2) is 4.79 Å². The lowest BCUT2D eigenvalue weighted by molar-refractivity contribution is -0.174. The quantitative estimate of drug-likeness (QED) is 0.807. The smallest absolute Gasteiger partial charge is 0.379 e. The summed E-state index contributed by atoms with van der Waals surface area (Å²) in [6.07, 6.45) is 0. The van der Waals surface area contributed by atoms with Crippen molar-refractivity contribution in [1.82, 2.24) is 0 Å². The van der Waals surface area contributed by atoms with Crippen LogP contribution >= 0.6 is 12.4 Å². The normalized spacial score (nSPS) is 12.1. The average Bonchev–Trinajstić information content (AvgIpc) is 2.45. The summed E-state index contributed by atoms with van der Waals surface area (Å²) in [5.74, 6) is -5.32. The fraction of sp³-hybridized carbons (Fsp3) is 0.500. The molecule has 1 atom stereocenters. The highest BCUT2D eigenvalue weighted by Gasteiger charge is 2.49. The number of halogens is 3. The standard InChI is InChI=1S/C14H19F2NO4.ClH/c1-5-21-13(18)14(15,16)12(17)11-9(19-3)6-8(2)7-10(11)20-4;/h6-7,12H,5,17H2,1-4H3;1H/t12-;/m0./s1. The monoisotopic (exact) mass is 339 g/mol. The number of carbonyl (C=O) groups is 1. The number of hydrogen-bond donors (Lipinski definition) is 1. The molecule has 5 nitrogen and oxygen atoms in total. The van der Waals surface area contributed by atoms with E-state index in [-0.39, 0.29) is 36.1 Å². The first-order chi connectivity index (χ1) is 9.79. The highest BCUT2D eigenvalue weighted by molar-refractivity contribution is 5.85. The van der Waals surface area contributed by atoms with Crippen molar-refractivity contribution >= 4 is 18.4 Å². The molecule has 1 rings (SSSR count). The van der Waals surface area contributed by atoms with Crippen LogP contribution in [0.15, 0.2) is 12.1 Å². The third-order valence-electron chi connectivity index (χ3n) is 2.94. The molecule has 1 aromatic carbocycles. The van der Waals surface area contributed by atoms with Crippen LogP contribution in [0.4, 0.5) is 8.78 Å². The fourth-order valence-electron chi connectivity index (χ4n) is 1.91. The zero-order valence-electron chi connectivity index (χ0n) is 12.8. The molecular formula is C14H20ClF2NO4. The van der Waals surface area contributed by atoms with Crippen molar-refractivity contribution in [3.8, 4) is 11.5 Å². The van der Waals surface area contributed by atoms with Gasteiger partial charge in [-0.15, -0.1) is 12.4 Å². The van der Waals surface area contributed by atoms with Gasteiger partial charge in [0.25, 0.3) is 0 Å². The minimum absolute atomic E-state index is 0. The summed E-state index contributed by atoms with van der Waals surface area (Å²) < 4.78 is 42.7. The van der Waals surface area contributed by atoms with E-state index in [4.69, 9.17) is 15.2 Å². The van der Waals surface area contributed by atoms with Crippen LogP contribution in [-0.2, 0) is 9.53 Å². The molecule has 0 saturated carbocycles. The Morgan fingerprint density at radius 3 is 2.09 bits per heavy atom. The van der Waals surface area contributed by atoms with Gasteiger partial charge in [-0.3, -0.25) is 0 Å². The predicted molar refractivity (Wildman–Crippen MR) is 80.0 cm³/mol. The van der Waals surface area contributed by atoms with Gasteiger partial charge in [0.05, 0.1) is 26.4 Å². The Bertz CT molecular complexity index is 501. The van der Waals surface area contributed by atoms with E-state index in [1.165, 1.54) is 21.1 Å². The number of alkyl halides is 2. The second kappa shape index (κ2) is 8.14. The topological polar surface area (TPSA) is 70.8 Å². The van der Waals surface area contributed by atoms with Crippen LogP contribution in [0.2, 0.25) is 0 Å². The van der Waals surface area contributed by atoms with E-state index in [9.17, 15) is 13.6 Å². The summed E-state index contributed by atoms with van der Waals surface area (Å²) in [5.41, 5.74) is 6.27. The second-order valence-corrected chi connectivity index (χ2v) is 4.40. The lowest BCUT2D eigenvalue weighted by atomic mass is 9.97. The number of methoxy groups -OCH3 is 2. The van der Waals surface area contributed by atoms with Gasteiger partial charge < -0.3 is 19.9 Å². The van der Waals surface area contributed by atoms with Crippen LogP contribution < -0.4 is 15.2 Å². The van der Waals surface area contributed by atoms with E-state index in [0.29, 0.717) is 0 Å². The van der Waals surface area contributed by atoms with Gasteiger partial charge in [0.2, 0.25) is 0 Å². The maximum atomic E-state index is 14.1. The number of hydrogen-bond acceptors (Lipinski definition) is 5. The van der Waals surface area contributed by atoms with Crippen LogP contribution in [0.25, 0.3) is 0 Å². The van der Waals surface area contributed by atoms with Gasteiger partial charge >= 0.3 is 11.9 Å². The van der Waals surface area contributed by atoms with Crippen molar-refractivity contribution in [2.24, 2.45) is 5.73 Å². The van der Waals surface area contributed by atoms with Crippen LogP contribution in [0.3, 0.4) is 0 Å². The largest absolute Gasteiger partial charge is 0.496 e. The molecule has 0 aliphatic rings. The molecule has 0 aliphatic carbocycles. The second-order valence-electron chi connectivity index (χ2n) is 4.40. The molecule has 22 heavy (non-hydrogen) atoms. The molecule has 0 saturated heterocycles. The summed E-state index contributed by atoms with van der Waals surface area (Å²) >= 11 is 0. The van der Waals surface area contributed by atoms with E-state index in [1.54, 1.807) is 19.1 Å². The molecule has 0 unspecified atom stereocenters. The summed E-state index contributed by atoms with van der Waals surface area (Å²) in [5, 5.41) is 0. The SMILES string of the molecule is CCOC(=O)C(F)(F)[C@@H](N)c1c(OC)cc(C)cc1OC.Cl. The van der Waals surface area contributed by atoms with Crippen molar-refractivity contribution < 1.29 is 27.8 Å². The zero-order chi connectivity index (χ0) is 16.2. The Kier molecular flexibility index (Phi) is 7.55. The molecule has 2 N–H and O–H groups in total. The van der Waals surface area contributed by atoms with E-state index in [0.717, 1.165) is 5.56 Å². The molecule has 8 heteroatoms. The highest BCUT2D eigenvalue weighted by Crippen LogP contribution is 2.41. The first-order valence-corrected chi connectivity index (χ1v) is 6.32. The van der Waals surface area contributed by atoms with Gasteiger partial charge in [-0.2, -0.15) is 8.78 Å². The van der Waals surface area contributed by atoms with Crippen LogP contribution in [-0.4, -0.2) is 32.7 Å². The van der Waals surface area contributed by atoms with Gasteiger partial charge in [0.15, 0.2) is 0 Å². The van der Waals surface area contributed by atoms with Crippen LogP contribution in [0.1, 0.15) is 24.1 Å². The number of benzene rings is 1. The van der Waals surface area contributed by atoms with Crippen molar-refractivity contribution in [3.63, 3.8) is 0 Å². The number of carbonyl (C=O) groups excluding carboxylic acids is 1. The molecule has 0 fully saturated rings. The minimum Gasteiger partial charge on any atom is -0.496 e. The van der Waals surface area contributed by atoms with Crippen molar-refractivity contribution in [3.05, 3.63) is 23.3 Å². The maximum Gasteiger partial charge on any atom is 0.379 e. The Morgan fingerprint density at radius 2 is 1.73 bits per heavy atom. The zero-order valence-corrected chi connectivity index (χ0v) is 13.6. The Hall–Kier alpha value is -1.60. The lowest BCUT2D eigenvalue weighted by Crippen LogP contribution is -2.42. The predicted octanol–water partition coefficient (Wildman–Crippen LogP) is 2.63.